The van der Waals surface area contributed by atoms with E-state index in [9.17, 15) is 4.79 Å². The maximum atomic E-state index is 9.37. The van der Waals surface area contributed by atoms with E-state index >= 15 is 0 Å². The van der Waals surface area contributed by atoms with Crippen LogP contribution >= 0.6 is 11.6 Å². The molecule has 0 bridgehead atoms. The Morgan fingerprint density at radius 3 is 2.88 bits per heavy atom. The van der Waals surface area contributed by atoms with E-state index in [2.05, 4.69) is 4.99 Å². The Bertz CT molecular complexity index is 145. The number of rotatable bonds is 2. The van der Waals surface area contributed by atoms with Gasteiger partial charge in [-0.2, -0.15) is 5.26 Å². The van der Waals surface area contributed by atoms with Crippen molar-refractivity contribution in [3.63, 3.8) is 0 Å². The van der Waals surface area contributed by atoms with Crippen molar-refractivity contribution in [1.82, 2.24) is 0 Å². The SMILES string of the molecule is N#CC(Cl)CN=C=O. The summed E-state index contributed by atoms with van der Waals surface area (Å²) in [7, 11) is 0. The second kappa shape index (κ2) is 4.32. The van der Waals surface area contributed by atoms with Crippen LogP contribution in [-0.4, -0.2) is 18.0 Å². The van der Waals surface area contributed by atoms with Crippen LogP contribution in [0.2, 0.25) is 0 Å². The van der Waals surface area contributed by atoms with E-state index in [1.54, 1.807) is 6.07 Å². The molecule has 0 aromatic heterocycles. The molecule has 0 saturated carbocycles. The van der Waals surface area contributed by atoms with Crippen molar-refractivity contribution in [3.05, 3.63) is 0 Å². The fourth-order valence-electron chi connectivity index (χ4n) is 0.158. The molecule has 0 fully saturated rings. The van der Waals surface area contributed by atoms with Crippen molar-refractivity contribution in [2.45, 2.75) is 5.38 Å². The molecule has 0 aromatic carbocycles. The second-order valence-electron chi connectivity index (χ2n) is 1.03. The zero-order chi connectivity index (χ0) is 6.41. The molecule has 0 aliphatic rings. The molecule has 1 unspecified atom stereocenters. The summed E-state index contributed by atoms with van der Waals surface area (Å²) in [5.41, 5.74) is 0. The lowest BCUT2D eigenvalue weighted by molar-refractivity contribution is 0.563. The fourth-order valence-corrected chi connectivity index (χ4v) is 0.227. The first kappa shape index (κ1) is 7.16. The van der Waals surface area contributed by atoms with Crippen molar-refractivity contribution >= 4 is 17.7 Å². The Morgan fingerprint density at radius 1 is 1.88 bits per heavy atom. The van der Waals surface area contributed by atoms with E-state index in [-0.39, 0.29) is 6.54 Å². The molecule has 0 saturated heterocycles. The molecule has 0 N–H and O–H groups in total. The van der Waals surface area contributed by atoms with Gasteiger partial charge in [0.25, 0.3) is 0 Å². The van der Waals surface area contributed by atoms with Crippen molar-refractivity contribution in [3.8, 4) is 6.07 Å². The summed E-state index contributed by atoms with van der Waals surface area (Å²) in [5, 5.41) is 7.29. The van der Waals surface area contributed by atoms with Crippen LogP contribution in [0.15, 0.2) is 4.99 Å². The Hall–Kier alpha value is -0.840. The van der Waals surface area contributed by atoms with Crippen molar-refractivity contribution in [1.29, 1.82) is 5.26 Å². The van der Waals surface area contributed by atoms with E-state index in [1.807, 2.05) is 0 Å². The topological polar surface area (TPSA) is 53.2 Å². The number of nitriles is 1. The first-order valence-corrected chi connectivity index (χ1v) is 2.32. The predicted molar refractivity (Wildman–Crippen MR) is 28.2 cm³/mol. The molecule has 0 aromatic rings. The van der Waals surface area contributed by atoms with Gasteiger partial charge in [-0.05, 0) is 0 Å². The summed E-state index contributed by atoms with van der Waals surface area (Å²) in [4.78, 5) is 12.4. The monoisotopic (exact) mass is 130 g/mol. The Morgan fingerprint density at radius 2 is 2.50 bits per heavy atom. The molecule has 0 amide bonds. The predicted octanol–water partition coefficient (Wildman–Crippen LogP) is 0.453. The lowest BCUT2D eigenvalue weighted by Gasteiger charge is -1.85. The fraction of sp³-hybridized carbons (Fsp3) is 0.500. The zero-order valence-corrected chi connectivity index (χ0v) is 4.72. The lowest BCUT2D eigenvalue weighted by atomic mass is 10.5. The summed E-state index contributed by atoms with van der Waals surface area (Å²) in [6.45, 7) is 0.0293. The Kier molecular flexibility index (Phi) is 3.87. The van der Waals surface area contributed by atoms with Gasteiger partial charge in [0.15, 0.2) is 0 Å². The van der Waals surface area contributed by atoms with Gasteiger partial charge >= 0.3 is 0 Å². The summed E-state index contributed by atoms with van der Waals surface area (Å²) < 4.78 is 0. The summed E-state index contributed by atoms with van der Waals surface area (Å²) >= 11 is 5.21. The minimum atomic E-state index is -0.698. The molecule has 4 heteroatoms. The number of aliphatic imine (C=N–C) groups is 1. The molecule has 0 aliphatic heterocycles. The van der Waals surface area contributed by atoms with Crippen LogP contribution in [0, 0.1) is 11.3 Å². The Labute approximate surface area is 51.6 Å². The number of halogens is 1. The van der Waals surface area contributed by atoms with E-state index in [4.69, 9.17) is 16.9 Å². The number of hydrogen-bond donors (Lipinski definition) is 0. The normalized spacial score (nSPS) is 11.0. The van der Waals surface area contributed by atoms with Crippen LogP contribution in [0.25, 0.3) is 0 Å². The van der Waals surface area contributed by atoms with Crippen LogP contribution in [-0.2, 0) is 4.79 Å². The molecule has 0 heterocycles. The average Bonchev–Trinajstić information content (AvgIpc) is 1.83. The van der Waals surface area contributed by atoms with Gasteiger partial charge in [-0.25, -0.2) is 9.79 Å². The minimum Gasteiger partial charge on any atom is -0.211 e. The maximum absolute atomic E-state index is 9.37. The summed E-state index contributed by atoms with van der Waals surface area (Å²) in [6.07, 6.45) is 1.27. The summed E-state index contributed by atoms with van der Waals surface area (Å²) in [6, 6.07) is 1.69. The maximum Gasteiger partial charge on any atom is 0.235 e. The summed E-state index contributed by atoms with van der Waals surface area (Å²) in [5.74, 6) is 0. The number of isocyanates is 1. The molecular formula is C4H3ClN2O. The number of alkyl halides is 1. The standard InChI is InChI=1S/C4H3ClN2O/c5-4(1-6)2-7-3-8/h4H,2H2. The van der Waals surface area contributed by atoms with Crippen LogP contribution < -0.4 is 0 Å². The highest BCUT2D eigenvalue weighted by Crippen LogP contribution is 1.91. The third-order valence-electron chi connectivity index (χ3n) is 0.456. The van der Waals surface area contributed by atoms with E-state index in [0.29, 0.717) is 0 Å². The van der Waals surface area contributed by atoms with Gasteiger partial charge in [-0.1, -0.05) is 0 Å². The molecule has 3 nitrogen and oxygen atoms in total. The third-order valence-corrected chi connectivity index (χ3v) is 0.692. The van der Waals surface area contributed by atoms with Crippen molar-refractivity contribution < 1.29 is 4.79 Å². The molecule has 1 atom stereocenters. The number of carbonyl (C=O) groups excluding carboxylic acids is 1. The quantitative estimate of drug-likeness (QED) is 0.310. The Balaban J connectivity index is 3.43. The highest BCUT2D eigenvalue weighted by molar-refractivity contribution is 6.22. The molecule has 42 valence electrons. The van der Waals surface area contributed by atoms with E-state index < -0.39 is 5.38 Å². The van der Waals surface area contributed by atoms with Gasteiger partial charge in [0.1, 0.15) is 5.38 Å². The second-order valence-corrected chi connectivity index (χ2v) is 1.56. The molecule has 0 aliphatic carbocycles. The average molecular weight is 131 g/mol. The van der Waals surface area contributed by atoms with Gasteiger partial charge in [0, 0.05) is 0 Å². The number of nitrogens with zero attached hydrogens (tertiary/aromatic N) is 2. The smallest absolute Gasteiger partial charge is 0.211 e. The molecule has 0 rings (SSSR count). The van der Waals surface area contributed by atoms with E-state index in [1.165, 1.54) is 6.08 Å². The minimum absolute atomic E-state index is 0.0293. The van der Waals surface area contributed by atoms with Crippen LogP contribution in [0.4, 0.5) is 0 Å². The van der Waals surface area contributed by atoms with Crippen LogP contribution in [0.5, 0.6) is 0 Å². The molecule has 0 spiro atoms. The van der Waals surface area contributed by atoms with Gasteiger partial charge in [-0.15, -0.1) is 11.6 Å². The highest BCUT2D eigenvalue weighted by atomic mass is 35.5. The largest absolute Gasteiger partial charge is 0.235 e. The zero-order valence-electron chi connectivity index (χ0n) is 3.97. The van der Waals surface area contributed by atoms with Crippen molar-refractivity contribution in [2.75, 3.05) is 6.54 Å². The third kappa shape index (κ3) is 3.35. The van der Waals surface area contributed by atoms with Crippen molar-refractivity contribution in [2.24, 2.45) is 4.99 Å². The van der Waals surface area contributed by atoms with Gasteiger partial charge in [0.05, 0.1) is 12.6 Å². The first-order chi connectivity index (χ1) is 3.81. The van der Waals surface area contributed by atoms with Gasteiger partial charge in [0.2, 0.25) is 6.08 Å². The van der Waals surface area contributed by atoms with Crippen LogP contribution in [0.3, 0.4) is 0 Å². The lowest BCUT2D eigenvalue weighted by Crippen LogP contribution is -1.97. The molecule has 8 heavy (non-hydrogen) atoms. The molecule has 0 radical (unpaired) electrons. The first-order valence-electron chi connectivity index (χ1n) is 1.88. The van der Waals surface area contributed by atoms with Gasteiger partial charge < -0.3 is 0 Å². The van der Waals surface area contributed by atoms with Gasteiger partial charge in [-0.3, -0.25) is 0 Å². The van der Waals surface area contributed by atoms with E-state index in [0.717, 1.165) is 0 Å². The number of hydrogen-bond acceptors (Lipinski definition) is 3. The highest BCUT2D eigenvalue weighted by Gasteiger charge is 1.96. The van der Waals surface area contributed by atoms with Crippen LogP contribution in [0.1, 0.15) is 0 Å². The molecular weight excluding hydrogens is 128 g/mol.